The average molecular weight is 473 g/mol. The molecule has 2 bridgehead atoms. The van der Waals surface area contributed by atoms with Gasteiger partial charge in [0.05, 0.1) is 11.9 Å². The van der Waals surface area contributed by atoms with Crippen molar-refractivity contribution in [3.05, 3.63) is 42.7 Å². The Balaban J connectivity index is 1.34. The Morgan fingerprint density at radius 1 is 1.06 bits per heavy atom. The second-order valence-electron chi connectivity index (χ2n) is 10.1. The molecule has 2 aromatic heterocycles. The molecule has 2 fully saturated rings. The van der Waals surface area contributed by atoms with Crippen molar-refractivity contribution in [2.24, 2.45) is 0 Å². The lowest BCUT2D eigenvalue weighted by Crippen LogP contribution is -2.58. The van der Waals surface area contributed by atoms with Crippen LogP contribution in [0.1, 0.15) is 39.5 Å². The molecule has 2 saturated heterocycles. The zero-order valence-electron chi connectivity index (χ0n) is 19.3. The van der Waals surface area contributed by atoms with Crippen LogP contribution in [0.5, 0.6) is 5.75 Å². The van der Waals surface area contributed by atoms with Gasteiger partial charge in [0, 0.05) is 41.5 Å². The highest BCUT2D eigenvalue weighted by molar-refractivity contribution is 5.74. The number of benzene rings is 1. The largest absolute Gasteiger partial charge is 0.507 e. The fourth-order valence-corrected chi connectivity index (χ4v) is 5.48. The van der Waals surface area contributed by atoms with Crippen molar-refractivity contribution in [2.45, 2.75) is 63.0 Å². The zero-order valence-corrected chi connectivity index (χ0v) is 19.3. The van der Waals surface area contributed by atoms with Crippen LogP contribution in [0.3, 0.4) is 0 Å². The Morgan fingerprint density at radius 2 is 1.76 bits per heavy atom. The number of phenols is 1. The van der Waals surface area contributed by atoms with E-state index in [1.807, 2.05) is 13.1 Å². The third-order valence-electron chi connectivity index (χ3n) is 7.21. The van der Waals surface area contributed by atoms with Crippen molar-refractivity contribution >= 4 is 5.82 Å². The van der Waals surface area contributed by atoms with Crippen molar-refractivity contribution in [1.82, 2.24) is 25.3 Å². The van der Waals surface area contributed by atoms with Crippen LogP contribution in [0.15, 0.2) is 42.7 Å². The molecule has 34 heavy (non-hydrogen) atoms. The van der Waals surface area contributed by atoms with Gasteiger partial charge in [-0.1, -0.05) is 6.07 Å². The van der Waals surface area contributed by atoms with Crippen LogP contribution >= 0.6 is 0 Å². The summed E-state index contributed by atoms with van der Waals surface area (Å²) in [6, 6.07) is 8.69. The number of alkyl halides is 3. The maximum absolute atomic E-state index is 12.8. The molecule has 2 N–H and O–H groups in total. The van der Waals surface area contributed by atoms with Gasteiger partial charge in [-0.25, -0.2) is 0 Å². The van der Waals surface area contributed by atoms with Gasteiger partial charge in [-0.3, -0.25) is 0 Å². The number of phenolic OH excluding ortho intramolecular Hbond substituents is 1. The van der Waals surface area contributed by atoms with E-state index in [0.717, 1.165) is 31.1 Å². The number of halogens is 3. The van der Waals surface area contributed by atoms with Crippen LogP contribution in [0.4, 0.5) is 19.0 Å². The Labute approximate surface area is 195 Å². The second-order valence-corrected chi connectivity index (χ2v) is 10.1. The SMILES string of the molecule is CN(c1ccc(-c2ccc(-c3cnn(C(F)(F)F)c3)cc2O)nn1)C1C[C@]2(C)CC[C@](C)(C1)N2. The maximum atomic E-state index is 12.8. The molecule has 2 aliphatic heterocycles. The van der Waals surface area contributed by atoms with Gasteiger partial charge < -0.3 is 15.3 Å². The summed E-state index contributed by atoms with van der Waals surface area (Å²) >= 11 is 0. The topological polar surface area (TPSA) is 79.1 Å². The van der Waals surface area contributed by atoms with Crippen molar-refractivity contribution in [2.75, 3.05) is 11.9 Å². The molecular weight excluding hydrogens is 445 g/mol. The monoisotopic (exact) mass is 472 g/mol. The minimum absolute atomic E-state index is 0.0669. The van der Waals surface area contributed by atoms with Gasteiger partial charge in [0.2, 0.25) is 0 Å². The zero-order chi connectivity index (χ0) is 24.3. The van der Waals surface area contributed by atoms with Crippen LogP contribution in [-0.2, 0) is 6.30 Å². The Morgan fingerprint density at radius 3 is 2.32 bits per heavy atom. The second kappa shape index (κ2) is 7.69. The summed E-state index contributed by atoms with van der Waals surface area (Å²) in [5.41, 5.74) is 1.89. The van der Waals surface area contributed by atoms with Crippen molar-refractivity contribution in [3.63, 3.8) is 0 Å². The number of anilines is 1. The summed E-state index contributed by atoms with van der Waals surface area (Å²) in [6.45, 7) is 4.57. The fourth-order valence-electron chi connectivity index (χ4n) is 5.48. The highest BCUT2D eigenvalue weighted by Gasteiger charge is 2.49. The van der Waals surface area contributed by atoms with Crippen LogP contribution < -0.4 is 10.2 Å². The maximum Gasteiger partial charge on any atom is 0.504 e. The number of rotatable bonds is 4. The van der Waals surface area contributed by atoms with E-state index in [1.54, 1.807) is 18.2 Å². The van der Waals surface area contributed by atoms with Gasteiger partial charge in [0.1, 0.15) is 5.75 Å². The number of hydrogen-bond donors (Lipinski definition) is 2. The number of fused-ring (bicyclic) bond motifs is 2. The summed E-state index contributed by atoms with van der Waals surface area (Å²) in [7, 11) is 2.04. The van der Waals surface area contributed by atoms with E-state index in [2.05, 4.69) is 39.4 Å². The van der Waals surface area contributed by atoms with E-state index in [0.29, 0.717) is 22.9 Å². The summed E-state index contributed by atoms with van der Waals surface area (Å²) in [4.78, 5) is 2.18. The molecule has 4 heterocycles. The molecule has 5 rings (SSSR count). The molecule has 0 amide bonds. The molecule has 3 atom stereocenters. The van der Waals surface area contributed by atoms with Gasteiger partial charge in [0.25, 0.3) is 0 Å². The highest BCUT2D eigenvalue weighted by atomic mass is 19.4. The quantitative estimate of drug-likeness (QED) is 0.574. The number of aromatic hydroxyl groups is 1. The normalized spacial score (nSPS) is 26.6. The molecule has 3 aromatic rings. The van der Waals surface area contributed by atoms with Crippen LogP contribution in [0.2, 0.25) is 0 Å². The molecular formula is C24H27F3N6O. The molecule has 1 unspecified atom stereocenters. The summed E-state index contributed by atoms with van der Waals surface area (Å²) in [6.07, 6.45) is 1.82. The minimum atomic E-state index is -4.59. The number of nitrogens with one attached hydrogen (secondary N) is 1. The first-order valence-corrected chi connectivity index (χ1v) is 11.3. The molecule has 0 saturated carbocycles. The third-order valence-corrected chi connectivity index (χ3v) is 7.21. The molecule has 180 valence electrons. The van der Waals surface area contributed by atoms with Crippen LogP contribution in [-0.4, -0.2) is 49.3 Å². The third kappa shape index (κ3) is 4.11. The predicted octanol–water partition coefficient (Wildman–Crippen LogP) is 4.69. The van der Waals surface area contributed by atoms with Crippen molar-refractivity contribution in [1.29, 1.82) is 0 Å². The molecule has 0 aliphatic carbocycles. The van der Waals surface area contributed by atoms with Gasteiger partial charge in [0.15, 0.2) is 5.82 Å². The van der Waals surface area contributed by atoms with Gasteiger partial charge in [-0.2, -0.15) is 9.78 Å². The average Bonchev–Trinajstić information content (AvgIpc) is 3.36. The lowest BCUT2D eigenvalue weighted by Gasteiger charge is -2.45. The standard InChI is InChI=1S/C24H27F3N6O/c1-22-8-9-23(2,31-22)12-17(11-22)32(3)21-7-6-19(29-30-21)18-5-4-15(10-20(18)34)16-13-28-33(14-16)24(25,26)27/h4-7,10,13-14,17,31,34H,8-9,11-12H2,1-3H3/t17?,22-,23+. The van der Waals surface area contributed by atoms with Gasteiger partial charge >= 0.3 is 6.30 Å². The summed E-state index contributed by atoms with van der Waals surface area (Å²) in [5.74, 6) is 0.668. The molecule has 10 heteroatoms. The van der Waals surface area contributed by atoms with Gasteiger partial charge in [-0.05, 0) is 69.4 Å². The molecule has 0 radical (unpaired) electrons. The summed E-state index contributed by atoms with van der Waals surface area (Å²) in [5, 5.41) is 26.4. The molecule has 0 spiro atoms. The fraction of sp³-hybridized carbons (Fsp3) is 0.458. The van der Waals surface area contributed by atoms with Crippen molar-refractivity contribution in [3.8, 4) is 28.1 Å². The van der Waals surface area contributed by atoms with Crippen LogP contribution in [0, 0.1) is 0 Å². The lowest BCUT2D eigenvalue weighted by atomic mass is 9.84. The van der Waals surface area contributed by atoms with E-state index in [9.17, 15) is 18.3 Å². The van der Waals surface area contributed by atoms with Crippen molar-refractivity contribution < 1.29 is 18.3 Å². The smallest absolute Gasteiger partial charge is 0.504 e. The predicted molar refractivity (Wildman–Crippen MR) is 122 cm³/mol. The van der Waals surface area contributed by atoms with E-state index in [4.69, 9.17) is 0 Å². The lowest BCUT2D eigenvalue weighted by molar-refractivity contribution is -0.212. The highest BCUT2D eigenvalue weighted by Crippen LogP contribution is 2.44. The number of hydrogen-bond acceptors (Lipinski definition) is 6. The van der Waals surface area contributed by atoms with Gasteiger partial charge in [-0.15, -0.1) is 23.4 Å². The molecule has 7 nitrogen and oxygen atoms in total. The number of nitrogens with zero attached hydrogens (tertiary/aromatic N) is 5. The van der Waals surface area contributed by atoms with E-state index >= 15 is 0 Å². The van der Waals surface area contributed by atoms with E-state index < -0.39 is 6.30 Å². The summed E-state index contributed by atoms with van der Waals surface area (Å²) < 4.78 is 38.3. The molecule has 1 aromatic carbocycles. The Kier molecular flexibility index (Phi) is 5.12. The Bertz CT molecular complexity index is 1190. The first-order chi connectivity index (χ1) is 15.9. The van der Waals surface area contributed by atoms with Crippen LogP contribution in [0.25, 0.3) is 22.4 Å². The first kappa shape index (κ1) is 22.6. The van der Waals surface area contributed by atoms with E-state index in [1.165, 1.54) is 18.9 Å². The number of aromatic nitrogens is 4. The Hall–Kier alpha value is -3.14. The first-order valence-electron chi connectivity index (χ1n) is 11.3. The molecule has 2 aliphatic rings. The number of piperidine rings is 1. The minimum Gasteiger partial charge on any atom is -0.507 e. The van der Waals surface area contributed by atoms with E-state index in [-0.39, 0.29) is 27.1 Å².